The Morgan fingerprint density at radius 1 is 1.23 bits per heavy atom. The van der Waals surface area contributed by atoms with E-state index < -0.39 is 0 Å². The van der Waals surface area contributed by atoms with Crippen LogP contribution in [0.15, 0.2) is 23.2 Å². The number of aryl methyl sites for hydroxylation is 2. The van der Waals surface area contributed by atoms with E-state index in [1.807, 2.05) is 0 Å². The van der Waals surface area contributed by atoms with Gasteiger partial charge in [-0.3, -0.25) is 4.99 Å². The topological polar surface area (TPSA) is 58.5 Å². The lowest BCUT2D eigenvalue weighted by Gasteiger charge is -2.11. The summed E-state index contributed by atoms with van der Waals surface area (Å²) >= 11 is 1.78. The van der Waals surface area contributed by atoms with Crippen molar-refractivity contribution < 1.29 is 4.74 Å². The van der Waals surface area contributed by atoms with Crippen LogP contribution < -0.4 is 15.4 Å². The first-order valence-electron chi connectivity index (χ1n) is 8.77. The van der Waals surface area contributed by atoms with Crippen LogP contribution in [0.3, 0.4) is 0 Å². The van der Waals surface area contributed by atoms with Gasteiger partial charge in [0.15, 0.2) is 5.96 Å². The summed E-state index contributed by atoms with van der Waals surface area (Å²) in [6, 6.07) is 6.49. The zero-order chi connectivity index (χ0) is 17.6. The normalized spacial score (nSPS) is 13.0. The maximum Gasteiger partial charge on any atom is 0.191 e. The summed E-state index contributed by atoms with van der Waals surface area (Å²) in [4.78, 5) is 10.2. The zero-order valence-corrected chi connectivity index (χ0v) is 18.7. The summed E-state index contributed by atoms with van der Waals surface area (Å²) < 4.78 is 5.55. The highest BCUT2D eigenvalue weighted by Gasteiger charge is 2.11. The summed E-state index contributed by atoms with van der Waals surface area (Å²) in [6.45, 7) is 6.69. The SMILES string of the molecule is CN=C(NCCc1ccc2c(c1)CCO2)NCCc1nc(C)c(C)s1.I. The predicted octanol–water partition coefficient (Wildman–Crippen LogP) is 3.26. The fourth-order valence-corrected chi connectivity index (χ4v) is 3.81. The molecule has 2 N–H and O–H groups in total. The predicted molar refractivity (Wildman–Crippen MR) is 119 cm³/mol. The van der Waals surface area contributed by atoms with Crippen molar-refractivity contribution in [2.45, 2.75) is 33.1 Å². The summed E-state index contributed by atoms with van der Waals surface area (Å²) in [6.07, 6.45) is 2.92. The molecule has 0 spiro atoms. The maximum atomic E-state index is 5.55. The third-order valence-corrected chi connectivity index (χ3v) is 5.52. The number of fused-ring (bicyclic) bond motifs is 1. The van der Waals surface area contributed by atoms with Crippen LogP contribution in [0.25, 0.3) is 0 Å². The first-order valence-corrected chi connectivity index (χ1v) is 9.59. The van der Waals surface area contributed by atoms with Crippen molar-refractivity contribution in [3.63, 3.8) is 0 Å². The Bertz CT molecular complexity index is 740. The van der Waals surface area contributed by atoms with Crippen molar-refractivity contribution in [2.75, 3.05) is 26.7 Å². The lowest BCUT2D eigenvalue weighted by atomic mass is 10.1. The van der Waals surface area contributed by atoms with Crippen LogP contribution in [-0.4, -0.2) is 37.7 Å². The average molecular weight is 486 g/mol. The van der Waals surface area contributed by atoms with E-state index in [4.69, 9.17) is 4.74 Å². The van der Waals surface area contributed by atoms with Crippen molar-refractivity contribution in [2.24, 2.45) is 4.99 Å². The van der Waals surface area contributed by atoms with Crippen LogP contribution >= 0.6 is 35.3 Å². The van der Waals surface area contributed by atoms with E-state index in [2.05, 4.69) is 52.7 Å². The minimum Gasteiger partial charge on any atom is -0.493 e. The number of hydrogen-bond donors (Lipinski definition) is 2. The van der Waals surface area contributed by atoms with E-state index in [-0.39, 0.29) is 24.0 Å². The molecule has 1 aromatic carbocycles. The lowest BCUT2D eigenvalue weighted by Crippen LogP contribution is -2.39. The Hall–Kier alpha value is -1.35. The number of nitrogens with zero attached hydrogens (tertiary/aromatic N) is 2. The number of nitrogens with one attached hydrogen (secondary N) is 2. The Labute approximate surface area is 176 Å². The van der Waals surface area contributed by atoms with Gasteiger partial charge in [-0.25, -0.2) is 4.98 Å². The maximum absolute atomic E-state index is 5.55. The number of guanidine groups is 1. The molecule has 0 fully saturated rings. The molecule has 0 bridgehead atoms. The van der Waals surface area contributed by atoms with Crippen LogP contribution in [0.4, 0.5) is 0 Å². The molecule has 2 heterocycles. The Balaban J connectivity index is 0.00000243. The van der Waals surface area contributed by atoms with Crippen molar-refractivity contribution in [3.05, 3.63) is 44.9 Å². The highest BCUT2D eigenvalue weighted by molar-refractivity contribution is 14.0. The third kappa shape index (κ3) is 5.57. The molecule has 0 saturated carbocycles. The third-order valence-electron chi connectivity index (χ3n) is 4.39. The molecule has 0 radical (unpaired) electrons. The molecule has 0 unspecified atom stereocenters. The van der Waals surface area contributed by atoms with E-state index in [1.54, 1.807) is 18.4 Å². The van der Waals surface area contributed by atoms with Crippen LogP contribution in [0, 0.1) is 13.8 Å². The fraction of sp³-hybridized carbons (Fsp3) is 0.474. The molecular weight excluding hydrogens is 459 g/mol. The number of ether oxygens (including phenoxy) is 1. The molecule has 142 valence electrons. The summed E-state index contributed by atoms with van der Waals surface area (Å²) in [5.74, 6) is 1.89. The molecule has 1 aromatic heterocycles. The first-order chi connectivity index (χ1) is 12.2. The van der Waals surface area contributed by atoms with E-state index in [9.17, 15) is 0 Å². The number of benzene rings is 1. The van der Waals surface area contributed by atoms with E-state index in [1.165, 1.54) is 21.0 Å². The zero-order valence-electron chi connectivity index (χ0n) is 15.6. The van der Waals surface area contributed by atoms with Crippen molar-refractivity contribution in [1.29, 1.82) is 0 Å². The largest absolute Gasteiger partial charge is 0.493 e. The molecule has 0 atom stereocenters. The van der Waals surface area contributed by atoms with Crippen LogP contribution in [0.1, 0.15) is 26.7 Å². The van der Waals surface area contributed by atoms with Gasteiger partial charge in [-0.05, 0) is 37.5 Å². The van der Waals surface area contributed by atoms with Gasteiger partial charge in [-0.15, -0.1) is 35.3 Å². The van der Waals surface area contributed by atoms with Crippen molar-refractivity contribution in [1.82, 2.24) is 15.6 Å². The molecule has 2 aromatic rings. The molecule has 0 saturated heterocycles. The molecule has 7 heteroatoms. The van der Waals surface area contributed by atoms with Gasteiger partial charge < -0.3 is 15.4 Å². The Morgan fingerprint density at radius 3 is 2.69 bits per heavy atom. The fourth-order valence-electron chi connectivity index (χ4n) is 2.88. The average Bonchev–Trinajstić information content (AvgIpc) is 3.19. The standard InChI is InChI=1S/C19H26N4OS.HI/c1-13-14(2)25-18(23-13)7-10-22-19(20-3)21-9-6-15-4-5-17-16(12-15)8-11-24-17;/h4-5,12H,6-11H2,1-3H3,(H2,20,21,22);1H. The minimum absolute atomic E-state index is 0. The van der Waals surface area contributed by atoms with E-state index >= 15 is 0 Å². The summed E-state index contributed by atoms with van der Waals surface area (Å²) in [7, 11) is 1.81. The summed E-state index contributed by atoms with van der Waals surface area (Å²) in [5.41, 5.74) is 3.80. The smallest absolute Gasteiger partial charge is 0.191 e. The van der Waals surface area contributed by atoms with Crippen LogP contribution in [0.5, 0.6) is 5.75 Å². The van der Waals surface area contributed by atoms with Gasteiger partial charge in [0.1, 0.15) is 5.75 Å². The minimum atomic E-state index is 0. The van der Waals surface area contributed by atoms with E-state index in [0.717, 1.165) is 56.4 Å². The lowest BCUT2D eigenvalue weighted by molar-refractivity contribution is 0.357. The van der Waals surface area contributed by atoms with Gasteiger partial charge in [0.05, 0.1) is 17.3 Å². The first kappa shape index (κ1) is 21.0. The van der Waals surface area contributed by atoms with Gasteiger partial charge in [-0.2, -0.15) is 0 Å². The van der Waals surface area contributed by atoms with Gasteiger partial charge in [0, 0.05) is 37.9 Å². The molecule has 1 aliphatic heterocycles. The second kappa shape index (κ2) is 10.1. The van der Waals surface area contributed by atoms with E-state index in [0.29, 0.717) is 0 Å². The summed E-state index contributed by atoms with van der Waals surface area (Å²) in [5, 5.41) is 7.92. The Morgan fingerprint density at radius 2 is 2.00 bits per heavy atom. The Kier molecular flexibility index (Phi) is 8.15. The van der Waals surface area contributed by atoms with Crippen molar-refractivity contribution >= 4 is 41.3 Å². The van der Waals surface area contributed by atoms with Gasteiger partial charge in [-0.1, -0.05) is 12.1 Å². The van der Waals surface area contributed by atoms with Crippen LogP contribution in [-0.2, 0) is 19.3 Å². The number of thiazole rings is 1. The number of hydrogen-bond acceptors (Lipinski definition) is 4. The molecule has 1 aliphatic rings. The molecule has 3 rings (SSSR count). The molecular formula is C19H27IN4OS. The number of aromatic nitrogens is 1. The highest BCUT2D eigenvalue weighted by Crippen LogP contribution is 2.25. The molecule has 0 aliphatic carbocycles. The second-order valence-corrected chi connectivity index (χ2v) is 7.50. The molecule has 26 heavy (non-hydrogen) atoms. The number of rotatable bonds is 6. The van der Waals surface area contributed by atoms with Gasteiger partial charge >= 0.3 is 0 Å². The van der Waals surface area contributed by atoms with Crippen molar-refractivity contribution in [3.8, 4) is 5.75 Å². The molecule has 5 nitrogen and oxygen atoms in total. The van der Waals surface area contributed by atoms with Gasteiger partial charge in [0.25, 0.3) is 0 Å². The second-order valence-electron chi connectivity index (χ2n) is 6.22. The number of aliphatic imine (C=N–C) groups is 1. The molecule has 0 amide bonds. The monoisotopic (exact) mass is 486 g/mol. The van der Waals surface area contributed by atoms with Gasteiger partial charge in [0.2, 0.25) is 0 Å². The number of halogens is 1. The van der Waals surface area contributed by atoms with Crippen LogP contribution in [0.2, 0.25) is 0 Å². The quantitative estimate of drug-likeness (QED) is 0.374. The highest BCUT2D eigenvalue weighted by atomic mass is 127.